The van der Waals surface area contributed by atoms with Crippen molar-refractivity contribution in [2.45, 2.75) is 27.0 Å². The lowest BCUT2D eigenvalue weighted by Crippen LogP contribution is -2.03. The highest BCUT2D eigenvalue weighted by molar-refractivity contribution is 5.30. The molecule has 0 radical (unpaired) electrons. The molecule has 1 N–H and O–H groups in total. The molecule has 0 aliphatic rings. The summed E-state index contributed by atoms with van der Waals surface area (Å²) in [5, 5.41) is 9.16. The summed E-state index contributed by atoms with van der Waals surface area (Å²) in [5.74, 6) is 0. The Balaban J connectivity index is 2.24. The third-order valence-electron chi connectivity index (χ3n) is 3.01. The van der Waals surface area contributed by atoms with E-state index in [1.54, 1.807) is 0 Å². The van der Waals surface area contributed by atoms with Crippen molar-refractivity contribution in [3.63, 3.8) is 0 Å². The topological polar surface area (TPSA) is 25.2 Å². The first-order chi connectivity index (χ1) is 7.70. The van der Waals surface area contributed by atoms with Gasteiger partial charge < -0.3 is 9.67 Å². The Morgan fingerprint density at radius 1 is 1.12 bits per heavy atom. The lowest BCUT2D eigenvalue weighted by molar-refractivity contribution is 0.271. The minimum absolute atomic E-state index is 0.0951. The average molecular weight is 215 g/mol. The van der Waals surface area contributed by atoms with Gasteiger partial charge in [0.1, 0.15) is 0 Å². The molecule has 0 aliphatic carbocycles. The van der Waals surface area contributed by atoms with Gasteiger partial charge in [-0.25, -0.2) is 0 Å². The fourth-order valence-corrected chi connectivity index (χ4v) is 1.85. The van der Waals surface area contributed by atoms with E-state index < -0.39 is 0 Å². The first kappa shape index (κ1) is 11.0. The fourth-order valence-electron chi connectivity index (χ4n) is 1.85. The van der Waals surface area contributed by atoms with Crippen LogP contribution in [0.1, 0.15) is 22.4 Å². The molecular formula is C14H17NO. The summed E-state index contributed by atoms with van der Waals surface area (Å²) >= 11 is 0. The first-order valence-corrected chi connectivity index (χ1v) is 5.51. The van der Waals surface area contributed by atoms with Gasteiger partial charge in [0.2, 0.25) is 0 Å². The van der Waals surface area contributed by atoms with Crippen molar-refractivity contribution in [3.8, 4) is 0 Å². The molecule has 0 aliphatic heterocycles. The van der Waals surface area contributed by atoms with E-state index in [1.165, 1.54) is 16.7 Å². The largest absolute Gasteiger partial charge is 0.390 e. The molecule has 1 aromatic carbocycles. The van der Waals surface area contributed by atoms with Crippen molar-refractivity contribution >= 4 is 0 Å². The molecule has 2 aromatic rings. The van der Waals surface area contributed by atoms with Crippen LogP contribution in [0.5, 0.6) is 0 Å². The van der Waals surface area contributed by atoms with Crippen LogP contribution in [0.15, 0.2) is 36.5 Å². The van der Waals surface area contributed by atoms with E-state index in [4.69, 9.17) is 5.11 Å². The second-order valence-corrected chi connectivity index (χ2v) is 4.20. The van der Waals surface area contributed by atoms with Gasteiger partial charge in [0, 0.05) is 18.4 Å². The minimum Gasteiger partial charge on any atom is -0.390 e. The third-order valence-corrected chi connectivity index (χ3v) is 3.01. The van der Waals surface area contributed by atoms with Gasteiger partial charge in [-0.15, -0.1) is 0 Å². The molecule has 0 saturated carbocycles. The maximum Gasteiger partial charge on any atom is 0.0832 e. The molecule has 84 valence electrons. The smallest absolute Gasteiger partial charge is 0.0832 e. The number of aromatic nitrogens is 1. The van der Waals surface area contributed by atoms with Gasteiger partial charge in [0.15, 0.2) is 0 Å². The Kier molecular flexibility index (Phi) is 3.11. The number of rotatable bonds is 3. The lowest BCUT2D eigenvalue weighted by Gasteiger charge is -2.09. The van der Waals surface area contributed by atoms with Crippen LogP contribution in [0.2, 0.25) is 0 Å². The van der Waals surface area contributed by atoms with Gasteiger partial charge in [-0.1, -0.05) is 18.2 Å². The Bertz CT molecular complexity index is 485. The van der Waals surface area contributed by atoms with Crippen LogP contribution in [0, 0.1) is 13.8 Å². The summed E-state index contributed by atoms with van der Waals surface area (Å²) in [6.07, 6.45) is 2.00. The Hall–Kier alpha value is -1.54. The second-order valence-electron chi connectivity index (χ2n) is 4.20. The van der Waals surface area contributed by atoms with Crippen LogP contribution in [-0.4, -0.2) is 9.67 Å². The molecule has 0 saturated heterocycles. The normalized spacial score (nSPS) is 10.7. The summed E-state index contributed by atoms with van der Waals surface area (Å²) in [4.78, 5) is 0. The van der Waals surface area contributed by atoms with Crippen molar-refractivity contribution in [2.24, 2.45) is 0 Å². The second kappa shape index (κ2) is 4.54. The molecule has 0 fully saturated rings. The van der Waals surface area contributed by atoms with E-state index in [1.807, 2.05) is 18.3 Å². The standard InChI is InChI=1S/C14H17NO/c1-11-5-6-13(8-12(11)2)9-15-7-3-4-14(15)10-16/h3-8,16H,9-10H2,1-2H3. The van der Waals surface area contributed by atoms with Crippen LogP contribution in [0.3, 0.4) is 0 Å². The van der Waals surface area contributed by atoms with E-state index >= 15 is 0 Å². The molecule has 2 nitrogen and oxygen atoms in total. The molecule has 2 heteroatoms. The number of benzene rings is 1. The highest BCUT2D eigenvalue weighted by Crippen LogP contribution is 2.12. The Morgan fingerprint density at radius 3 is 2.62 bits per heavy atom. The Labute approximate surface area is 96.2 Å². The van der Waals surface area contributed by atoms with Crippen LogP contribution in [-0.2, 0) is 13.2 Å². The monoisotopic (exact) mass is 215 g/mol. The quantitative estimate of drug-likeness (QED) is 0.836. The predicted octanol–water partition coefficient (Wildman–Crippen LogP) is 2.65. The van der Waals surface area contributed by atoms with Crippen molar-refractivity contribution < 1.29 is 5.11 Å². The van der Waals surface area contributed by atoms with Gasteiger partial charge in [-0.05, 0) is 42.7 Å². The summed E-state index contributed by atoms with van der Waals surface area (Å²) < 4.78 is 2.07. The first-order valence-electron chi connectivity index (χ1n) is 5.51. The molecule has 1 aromatic heterocycles. The van der Waals surface area contributed by atoms with E-state index in [0.29, 0.717) is 0 Å². The molecule has 0 unspecified atom stereocenters. The molecular weight excluding hydrogens is 198 g/mol. The zero-order chi connectivity index (χ0) is 11.5. The van der Waals surface area contributed by atoms with Gasteiger partial charge in [0.25, 0.3) is 0 Å². The molecule has 2 rings (SSSR count). The lowest BCUT2D eigenvalue weighted by atomic mass is 10.1. The van der Waals surface area contributed by atoms with Gasteiger partial charge in [-0.3, -0.25) is 0 Å². The van der Waals surface area contributed by atoms with Crippen molar-refractivity contribution in [1.29, 1.82) is 0 Å². The number of aliphatic hydroxyl groups is 1. The molecule has 0 atom stereocenters. The summed E-state index contributed by atoms with van der Waals surface area (Å²) in [6.45, 7) is 5.16. The zero-order valence-corrected chi connectivity index (χ0v) is 9.77. The minimum atomic E-state index is 0.0951. The number of aryl methyl sites for hydroxylation is 2. The maximum absolute atomic E-state index is 9.16. The number of nitrogens with zero attached hydrogens (tertiary/aromatic N) is 1. The Morgan fingerprint density at radius 2 is 1.94 bits per heavy atom. The SMILES string of the molecule is Cc1ccc(Cn2cccc2CO)cc1C. The fraction of sp³-hybridized carbons (Fsp3) is 0.286. The average Bonchev–Trinajstić information content (AvgIpc) is 2.71. The van der Waals surface area contributed by atoms with E-state index in [0.717, 1.165) is 12.2 Å². The predicted molar refractivity (Wildman–Crippen MR) is 65.4 cm³/mol. The number of hydrogen-bond acceptors (Lipinski definition) is 1. The summed E-state index contributed by atoms with van der Waals surface area (Å²) in [5.41, 5.74) is 4.86. The maximum atomic E-state index is 9.16. The van der Waals surface area contributed by atoms with Crippen molar-refractivity contribution in [3.05, 3.63) is 58.9 Å². The van der Waals surface area contributed by atoms with E-state index in [2.05, 4.69) is 36.6 Å². The van der Waals surface area contributed by atoms with Crippen molar-refractivity contribution in [2.75, 3.05) is 0 Å². The third kappa shape index (κ3) is 2.17. The molecule has 1 heterocycles. The van der Waals surface area contributed by atoms with Gasteiger partial charge in [-0.2, -0.15) is 0 Å². The zero-order valence-electron chi connectivity index (χ0n) is 9.77. The number of aliphatic hydroxyl groups excluding tert-OH is 1. The summed E-state index contributed by atoms with van der Waals surface area (Å²) in [7, 11) is 0. The molecule has 0 amide bonds. The van der Waals surface area contributed by atoms with Crippen LogP contribution < -0.4 is 0 Å². The molecule has 0 bridgehead atoms. The van der Waals surface area contributed by atoms with E-state index in [-0.39, 0.29) is 6.61 Å². The summed E-state index contributed by atoms with van der Waals surface area (Å²) in [6, 6.07) is 10.4. The molecule has 0 spiro atoms. The van der Waals surface area contributed by atoms with E-state index in [9.17, 15) is 0 Å². The molecule has 16 heavy (non-hydrogen) atoms. The van der Waals surface area contributed by atoms with Gasteiger partial charge in [0.05, 0.1) is 6.61 Å². The number of hydrogen-bond donors (Lipinski definition) is 1. The van der Waals surface area contributed by atoms with Crippen LogP contribution in [0.25, 0.3) is 0 Å². The van der Waals surface area contributed by atoms with Gasteiger partial charge >= 0.3 is 0 Å². The van der Waals surface area contributed by atoms with Crippen molar-refractivity contribution in [1.82, 2.24) is 4.57 Å². The highest BCUT2D eigenvalue weighted by Gasteiger charge is 2.01. The van der Waals surface area contributed by atoms with Crippen LogP contribution in [0.4, 0.5) is 0 Å². The highest BCUT2D eigenvalue weighted by atomic mass is 16.3. The van der Waals surface area contributed by atoms with Crippen LogP contribution >= 0.6 is 0 Å².